The van der Waals surface area contributed by atoms with E-state index in [4.69, 9.17) is 0 Å². The molecular formula is C20H24F2N4O2. The van der Waals surface area contributed by atoms with Crippen LogP contribution in [0.1, 0.15) is 21.5 Å². The Morgan fingerprint density at radius 2 is 1.86 bits per heavy atom. The Morgan fingerprint density at radius 1 is 1.11 bits per heavy atom. The molecule has 0 aliphatic carbocycles. The molecule has 0 aliphatic heterocycles. The summed E-state index contributed by atoms with van der Waals surface area (Å²) in [6.07, 6.45) is 0.712. The van der Waals surface area contributed by atoms with Gasteiger partial charge in [0.2, 0.25) is 0 Å². The Kier molecular flexibility index (Phi) is 8.20. The summed E-state index contributed by atoms with van der Waals surface area (Å²) < 4.78 is 29.0. The predicted octanol–water partition coefficient (Wildman–Crippen LogP) is 2.56. The van der Waals surface area contributed by atoms with Gasteiger partial charge in [-0.15, -0.1) is 0 Å². The van der Waals surface area contributed by atoms with Gasteiger partial charge in [-0.1, -0.05) is 24.3 Å². The summed E-state index contributed by atoms with van der Waals surface area (Å²) in [5.41, 5.74) is 2.44. The van der Waals surface area contributed by atoms with Crippen molar-refractivity contribution in [3.63, 3.8) is 0 Å². The summed E-state index contributed by atoms with van der Waals surface area (Å²) in [4.78, 5) is 15.8. The van der Waals surface area contributed by atoms with E-state index in [1.165, 1.54) is 6.07 Å². The molecule has 0 aliphatic rings. The van der Waals surface area contributed by atoms with Crippen molar-refractivity contribution >= 4 is 11.9 Å². The minimum absolute atomic E-state index is 0.119. The molecule has 2 rings (SSSR count). The molecule has 3 N–H and O–H groups in total. The number of amides is 1. The SMILES string of the molecule is CN=C(NCCc1cccc(C(=O)NC)c1)NCc1cccc(OC(F)F)c1. The number of hydrogen-bond acceptors (Lipinski definition) is 3. The van der Waals surface area contributed by atoms with E-state index in [0.29, 0.717) is 31.0 Å². The molecule has 0 saturated heterocycles. The third kappa shape index (κ3) is 6.86. The minimum atomic E-state index is -2.85. The molecule has 0 radical (unpaired) electrons. The molecule has 2 aromatic carbocycles. The van der Waals surface area contributed by atoms with Crippen LogP contribution in [0.25, 0.3) is 0 Å². The van der Waals surface area contributed by atoms with Gasteiger partial charge < -0.3 is 20.7 Å². The van der Waals surface area contributed by atoms with E-state index in [0.717, 1.165) is 11.1 Å². The van der Waals surface area contributed by atoms with Crippen LogP contribution in [0, 0.1) is 0 Å². The lowest BCUT2D eigenvalue weighted by Gasteiger charge is -2.13. The quantitative estimate of drug-likeness (QED) is 0.478. The highest BCUT2D eigenvalue weighted by molar-refractivity contribution is 5.94. The molecule has 0 unspecified atom stereocenters. The van der Waals surface area contributed by atoms with Crippen molar-refractivity contribution in [2.75, 3.05) is 20.6 Å². The normalized spacial score (nSPS) is 11.2. The average molecular weight is 390 g/mol. The topological polar surface area (TPSA) is 74.8 Å². The first-order chi connectivity index (χ1) is 13.5. The zero-order chi connectivity index (χ0) is 20.4. The van der Waals surface area contributed by atoms with Crippen molar-refractivity contribution in [1.29, 1.82) is 0 Å². The third-order valence-corrected chi connectivity index (χ3v) is 3.93. The van der Waals surface area contributed by atoms with Crippen molar-refractivity contribution in [3.05, 3.63) is 65.2 Å². The summed E-state index contributed by atoms with van der Waals surface area (Å²) in [5.74, 6) is 0.584. The van der Waals surface area contributed by atoms with Crippen LogP contribution >= 0.6 is 0 Å². The second-order valence-corrected chi connectivity index (χ2v) is 5.91. The molecule has 0 bridgehead atoms. The molecule has 0 aromatic heterocycles. The summed E-state index contributed by atoms with van der Waals surface area (Å²) in [6, 6.07) is 13.9. The molecule has 0 fully saturated rings. The number of hydrogen-bond donors (Lipinski definition) is 3. The second-order valence-electron chi connectivity index (χ2n) is 5.91. The largest absolute Gasteiger partial charge is 0.435 e. The van der Waals surface area contributed by atoms with Gasteiger partial charge in [0.05, 0.1) is 0 Å². The Hall–Kier alpha value is -3.16. The number of benzene rings is 2. The van der Waals surface area contributed by atoms with Crippen molar-refractivity contribution in [2.45, 2.75) is 19.6 Å². The Balaban J connectivity index is 1.83. The van der Waals surface area contributed by atoms with Crippen LogP contribution in [0.5, 0.6) is 5.75 Å². The number of carbonyl (C=O) groups is 1. The summed E-state index contributed by atoms with van der Waals surface area (Å²) in [5, 5.41) is 8.91. The van der Waals surface area contributed by atoms with Crippen LogP contribution in [0.15, 0.2) is 53.5 Å². The van der Waals surface area contributed by atoms with E-state index in [1.807, 2.05) is 24.3 Å². The van der Waals surface area contributed by atoms with Gasteiger partial charge in [0, 0.05) is 32.7 Å². The second kappa shape index (κ2) is 10.9. The number of rotatable bonds is 8. The van der Waals surface area contributed by atoms with E-state index in [2.05, 4.69) is 25.7 Å². The smallest absolute Gasteiger partial charge is 0.387 e. The highest BCUT2D eigenvalue weighted by Crippen LogP contribution is 2.15. The average Bonchev–Trinajstić information content (AvgIpc) is 2.70. The minimum Gasteiger partial charge on any atom is -0.435 e. The van der Waals surface area contributed by atoms with Crippen molar-refractivity contribution in [2.24, 2.45) is 4.99 Å². The first-order valence-corrected chi connectivity index (χ1v) is 8.81. The highest BCUT2D eigenvalue weighted by atomic mass is 19.3. The highest BCUT2D eigenvalue weighted by Gasteiger charge is 2.06. The molecule has 0 heterocycles. The first-order valence-electron chi connectivity index (χ1n) is 8.81. The van der Waals surface area contributed by atoms with Gasteiger partial charge in [-0.05, 0) is 41.8 Å². The van der Waals surface area contributed by atoms with Crippen LogP contribution < -0.4 is 20.7 Å². The van der Waals surface area contributed by atoms with Crippen LogP contribution in [-0.2, 0) is 13.0 Å². The molecule has 0 spiro atoms. The maximum Gasteiger partial charge on any atom is 0.387 e. The number of guanidine groups is 1. The fourth-order valence-corrected chi connectivity index (χ4v) is 2.58. The van der Waals surface area contributed by atoms with Gasteiger partial charge in [-0.3, -0.25) is 9.79 Å². The number of nitrogens with one attached hydrogen (secondary N) is 3. The number of carbonyl (C=O) groups excluding carboxylic acids is 1. The fourth-order valence-electron chi connectivity index (χ4n) is 2.58. The van der Waals surface area contributed by atoms with Gasteiger partial charge in [-0.25, -0.2) is 0 Å². The van der Waals surface area contributed by atoms with E-state index < -0.39 is 6.61 Å². The molecule has 6 nitrogen and oxygen atoms in total. The lowest BCUT2D eigenvalue weighted by atomic mass is 10.1. The van der Waals surface area contributed by atoms with Crippen LogP contribution in [0.4, 0.5) is 8.78 Å². The molecule has 2 aromatic rings. The Bertz CT molecular complexity index is 812. The van der Waals surface area contributed by atoms with E-state index in [1.54, 1.807) is 32.3 Å². The molecule has 0 saturated carbocycles. The molecule has 150 valence electrons. The van der Waals surface area contributed by atoms with Crippen LogP contribution in [-0.4, -0.2) is 39.1 Å². The Morgan fingerprint density at radius 3 is 2.57 bits per heavy atom. The van der Waals surface area contributed by atoms with Gasteiger partial charge in [-0.2, -0.15) is 8.78 Å². The van der Waals surface area contributed by atoms with Gasteiger partial charge in [0.25, 0.3) is 5.91 Å². The number of aliphatic imine (C=N–C) groups is 1. The van der Waals surface area contributed by atoms with Gasteiger partial charge in [0.1, 0.15) is 5.75 Å². The molecular weight excluding hydrogens is 366 g/mol. The number of alkyl halides is 2. The van der Waals surface area contributed by atoms with Gasteiger partial charge in [0.15, 0.2) is 5.96 Å². The fraction of sp³-hybridized carbons (Fsp3) is 0.300. The number of halogens is 2. The maximum absolute atomic E-state index is 12.3. The van der Waals surface area contributed by atoms with Crippen molar-refractivity contribution in [1.82, 2.24) is 16.0 Å². The zero-order valence-electron chi connectivity index (χ0n) is 15.8. The lowest BCUT2D eigenvalue weighted by Crippen LogP contribution is -2.37. The molecule has 1 amide bonds. The van der Waals surface area contributed by atoms with E-state index in [-0.39, 0.29) is 11.7 Å². The van der Waals surface area contributed by atoms with Crippen LogP contribution in [0.3, 0.4) is 0 Å². The number of ether oxygens (including phenoxy) is 1. The molecule has 8 heteroatoms. The standard InChI is InChI=1S/C20H24F2N4O2/c1-23-18(27)16-7-3-5-14(11-16)9-10-25-20(24-2)26-13-15-6-4-8-17(12-15)28-19(21)22/h3-8,11-12,19H,9-10,13H2,1-2H3,(H,23,27)(H2,24,25,26). The predicted molar refractivity (Wildman–Crippen MR) is 105 cm³/mol. The Labute approximate surface area is 163 Å². The van der Waals surface area contributed by atoms with Crippen molar-refractivity contribution < 1.29 is 18.3 Å². The first kappa shape index (κ1) is 21.1. The van der Waals surface area contributed by atoms with Gasteiger partial charge >= 0.3 is 6.61 Å². The summed E-state index contributed by atoms with van der Waals surface area (Å²) >= 11 is 0. The third-order valence-electron chi connectivity index (χ3n) is 3.93. The summed E-state index contributed by atoms with van der Waals surface area (Å²) in [6.45, 7) is -1.82. The molecule has 0 atom stereocenters. The molecule has 28 heavy (non-hydrogen) atoms. The van der Waals surface area contributed by atoms with E-state index in [9.17, 15) is 13.6 Å². The van der Waals surface area contributed by atoms with Crippen LogP contribution in [0.2, 0.25) is 0 Å². The summed E-state index contributed by atoms with van der Waals surface area (Å²) in [7, 11) is 3.25. The van der Waals surface area contributed by atoms with E-state index >= 15 is 0 Å². The lowest BCUT2D eigenvalue weighted by molar-refractivity contribution is -0.0498. The zero-order valence-corrected chi connectivity index (χ0v) is 15.8. The van der Waals surface area contributed by atoms with Crippen molar-refractivity contribution in [3.8, 4) is 5.75 Å². The number of nitrogens with zero attached hydrogens (tertiary/aromatic N) is 1. The monoisotopic (exact) mass is 390 g/mol. The maximum atomic E-state index is 12.3.